The second-order valence-electron chi connectivity index (χ2n) is 15.1. The first-order valence-corrected chi connectivity index (χ1v) is 15.9. The molecule has 6 nitrogen and oxygen atoms in total. The highest BCUT2D eigenvalue weighted by Crippen LogP contribution is 2.67. The fourth-order valence-corrected chi connectivity index (χ4v) is 10.2. The molecule has 5 rings (SSSR count). The third-order valence-electron chi connectivity index (χ3n) is 12.4. The van der Waals surface area contributed by atoms with E-state index in [2.05, 4.69) is 26.8 Å². The van der Waals surface area contributed by atoms with Crippen LogP contribution in [0.15, 0.2) is 11.6 Å². The van der Waals surface area contributed by atoms with Gasteiger partial charge in [0.2, 0.25) is 5.91 Å². The Labute approximate surface area is 236 Å². The van der Waals surface area contributed by atoms with Crippen molar-refractivity contribution < 1.29 is 19.8 Å². The summed E-state index contributed by atoms with van der Waals surface area (Å²) in [5.74, 6) is 3.49. The SMILES string of the molecule is CC(CCC(=O)N1CCN(C(=O)C(C)(C)O)C[C@@H]1C)[C@H]1CC[C@H]2[C@@H]3CC=C4C[C@@H](O)CC[C@]4(C)[C@H]3CC[C@]12C. The number of allylic oxidation sites excluding steroid dienone is 1. The Morgan fingerprint density at radius 3 is 2.54 bits per heavy atom. The fraction of sp³-hybridized carbons (Fsp3) is 0.879. The maximum atomic E-state index is 13.3. The van der Waals surface area contributed by atoms with E-state index in [1.807, 2.05) is 11.8 Å². The van der Waals surface area contributed by atoms with Crippen LogP contribution in [-0.4, -0.2) is 69.2 Å². The molecular formula is C33H54N2O4. The van der Waals surface area contributed by atoms with Crippen molar-refractivity contribution in [3.05, 3.63) is 11.6 Å². The Morgan fingerprint density at radius 1 is 1.10 bits per heavy atom. The zero-order chi connectivity index (χ0) is 28.3. The van der Waals surface area contributed by atoms with Crippen molar-refractivity contribution in [3.63, 3.8) is 0 Å². The van der Waals surface area contributed by atoms with E-state index in [9.17, 15) is 19.8 Å². The van der Waals surface area contributed by atoms with Gasteiger partial charge in [0.05, 0.1) is 6.10 Å². The Morgan fingerprint density at radius 2 is 1.85 bits per heavy atom. The number of aliphatic hydroxyl groups excluding tert-OH is 1. The summed E-state index contributed by atoms with van der Waals surface area (Å²) in [6.45, 7) is 14.1. The number of nitrogens with zero attached hydrogens (tertiary/aromatic N) is 2. The topological polar surface area (TPSA) is 81.1 Å². The predicted molar refractivity (Wildman–Crippen MR) is 154 cm³/mol. The first-order chi connectivity index (χ1) is 18.3. The van der Waals surface area contributed by atoms with E-state index >= 15 is 0 Å². The third-order valence-corrected chi connectivity index (χ3v) is 12.4. The average Bonchev–Trinajstić information content (AvgIpc) is 3.23. The van der Waals surface area contributed by atoms with Gasteiger partial charge in [-0.25, -0.2) is 0 Å². The summed E-state index contributed by atoms with van der Waals surface area (Å²) in [5, 5.41) is 20.4. The molecule has 3 saturated carbocycles. The molecule has 6 heteroatoms. The van der Waals surface area contributed by atoms with E-state index in [1.165, 1.54) is 46.0 Å². The number of piperazine rings is 1. The second-order valence-corrected chi connectivity index (χ2v) is 15.1. The lowest BCUT2D eigenvalue weighted by Gasteiger charge is -2.58. The van der Waals surface area contributed by atoms with Crippen LogP contribution < -0.4 is 0 Å². The van der Waals surface area contributed by atoms with Crippen LogP contribution in [0, 0.1) is 40.4 Å². The smallest absolute Gasteiger partial charge is 0.254 e. The molecule has 1 heterocycles. The monoisotopic (exact) mass is 542 g/mol. The molecule has 0 radical (unpaired) electrons. The van der Waals surface area contributed by atoms with Crippen molar-refractivity contribution in [3.8, 4) is 0 Å². The van der Waals surface area contributed by atoms with E-state index in [0.29, 0.717) is 43.3 Å². The van der Waals surface area contributed by atoms with Crippen molar-refractivity contribution in [2.75, 3.05) is 19.6 Å². The number of hydrogen-bond acceptors (Lipinski definition) is 4. The van der Waals surface area contributed by atoms with Crippen molar-refractivity contribution in [1.82, 2.24) is 9.80 Å². The molecule has 5 aliphatic rings. The lowest BCUT2D eigenvalue weighted by molar-refractivity contribution is -0.153. The largest absolute Gasteiger partial charge is 0.393 e. The van der Waals surface area contributed by atoms with Gasteiger partial charge in [-0.15, -0.1) is 0 Å². The van der Waals surface area contributed by atoms with Crippen molar-refractivity contribution in [2.45, 2.75) is 123 Å². The van der Waals surface area contributed by atoms with Crippen LogP contribution >= 0.6 is 0 Å². The first kappa shape index (κ1) is 29.1. The van der Waals surface area contributed by atoms with Crippen molar-refractivity contribution in [1.29, 1.82) is 0 Å². The summed E-state index contributed by atoms with van der Waals surface area (Å²) in [5.41, 5.74) is 0.836. The van der Waals surface area contributed by atoms with E-state index in [-0.39, 0.29) is 29.4 Å². The number of hydrogen-bond donors (Lipinski definition) is 2. The molecule has 0 aromatic carbocycles. The molecule has 0 aromatic heterocycles. The zero-order valence-electron chi connectivity index (χ0n) is 25.4. The van der Waals surface area contributed by atoms with Gasteiger partial charge in [-0.1, -0.05) is 32.4 Å². The lowest BCUT2D eigenvalue weighted by atomic mass is 9.47. The second kappa shape index (κ2) is 10.5. The normalized spacial score (nSPS) is 41.3. The molecule has 9 atom stereocenters. The molecule has 39 heavy (non-hydrogen) atoms. The molecule has 2 amide bonds. The minimum atomic E-state index is -1.37. The summed E-state index contributed by atoms with van der Waals surface area (Å²) in [7, 11) is 0. The van der Waals surface area contributed by atoms with Gasteiger partial charge >= 0.3 is 0 Å². The van der Waals surface area contributed by atoms with E-state index in [4.69, 9.17) is 0 Å². The Kier molecular flexibility index (Phi) is 7.80. The van der Waals surface area contributed by atoms with Crippen molar-refractivity contribution in [2.24, 2.45) is 40.4 Å². The molecule has 1 saturated heterocycles. The first-order valence-electron chi connectivity index (χ1n) is 15.9. The summed E-state index contributed by atoms with van der Waals surface area (Å²) < 4.78 is 0. The van der Waals surface area contributed by atoms with Gasteiger partial charge in [-0.3, -0.25) is 9.59 Å². The lowest BCUT2D eigenvalue weighted by Crippen LogP contribution is -2.58. The molecule has 2 N–H and O–H groups in total. The minimum absolute atomic E-state index is 0.0250. The number of carbonyl (C=O) groups excluding carboxylic acids is 2. The molecule has 0 bridgehead atoms. The highest BCUT2D eigenvalue weighted by atomic mass is 16.3. The minimum Gasteiger partial charge on any atom is -0.393 e. The van der Waals surface area contributed by atoms with Crippen LogP contribution in [0.2, 0.25) is 0 Å². The predicted octanol–water partition coefficient (Wildman–Crippen LogP) is 5.17. The van der Waals surface area contributed by atoms with Crippen molar-refractivity contribution >= 4 is 11.8 Å². The molecule has 0 aromatic rings. The standard InChI is InChI=1S/C33H54N2O4/c1-21(7-12-29(37)35-18-17-34(20-22(35)2)30(38)31(3,4)39)26-10-11-27-25-9-8-23-19-24(36)13-15-32(23,5)28(25)14-16-33(26,27)6/h8,21-22,24-28,36,39H,7,9-20H2,1-6H3/t21?,22-,24-,25-,26+,27-,28-,32-,33+/m0/s1. The summed E-state index contributed by atoms with van der Waals surface area (Å²) in [4.78, 5) is 29.4. The molecule has 1 unspecified atom stereocenters. The van der Waals surface area contributed by atoms with Gasteiger partial charge in [-0.05, 0) is 119 Å². The van der Waals surface area contributed by atoms with Gasteiger partial charge in [0.15, 0.2) is 0 Å². The number of amides is 2. The highest BCUT2D eigenvalue weighted by molar-refractivity contribution is 5.84. The highest BCUT2D eigenvalue weighted by Gasteiger charge is 2.59. The van der Waals surface area contributed by atoms with E-state index < -0.39 is 5.60 Å². The molecular weight excluding hydrogens is 488 g/mol. The van der Waals surface area contributed by atoms with E-state index in [1.54, 1.807) is 10.5 Å². The number of aliphatic hydroxyl groups is 2. The van der Waals surface area contributed by atoms with Gasteiger partial charge in [0, 0.05) is 32.1 Å². The summed E-state index contributed by atoms with van der Waals surface area (Å²) >= 11 is 0. The summed E-state index contributed by atoms with van der Waals surface area (Å²) in [6.07, 6.45) is 13.3. The maximum Gasteiger partial charge on any atom is 0.254 e. The van der Waals surface area contributed by atoms with Crippen LogP contribution in [0.1, 0.15) is 106 Å². The van der Waals surface area contributed by atoms with Gasteiger partial charge in [-0.2, -0.15) is 0 Å². The van der Waals surface area contributed by atoms with E-state index in [0.717, 1.165) is 43.4 Å². The Bertz CT molecular complexity index is 987. The number of fused-ring (bicyclic) bond motifs is 5. The fourth-order valence-electron chi connectivity index (χ4n) is 10.2. The van der Waals surface area contributed by atoms with Crippen LogP contribution in [0.3, 0.4) is 0 Å². The van der Waals surface area contributed by atoms with Gasteiger partial charge in [0.1, 0.15) is 5.60 Å². The quantitative estimate of drug-likeness (QED) is 0.470. The molecule has 4 aliphatic carbocycles. The maximum absolute atomic E-state index is 13.3. The Balaban J connectivity index is 1.18. The molecule has 4 fully saturated rings. The summed E-state index contributed by atoms with van der Waals surface area (Å²) in [6, 6.07) is -0.0250. The zero-order valence-corrected chi connectivity index (χ0v) is 25.4. The number of carbonyl (C=O) groups is 2. The molecule has 1 aliphatic heterocycles. The van der Waals surface area contributed by atoms with Gasteiger partial charge < -0.3 is 20.0 Å². The van der Waals surface area contributed by atoms with Gasteiger partial charge in [0.25, 0.3) is 5.91 Å². The Hall–Kier alpha value is -1.40. The van der Waals surface area contributed by atoms with Crippen LogP contribution in [0.25, 0.3) is 0 Å². The van der Waals surface area contributed by atoms with Crippen LogP contribution in [0.4, 0.5) is 0 Å². The average molecular weight is 543 g/mol. The van der Waals surface area contributed by atoms with Crippen LogP contribution in [-0.2, 0) is 9.59 Å². The van der Waals surface area contributed by atoms with Crippen LogP contribution in [0.5, 0.6) is 0 Å². The number of rotatable bonds is 5. The third kappa shape index (κ3) is 5.11. The molecule has 0 spiro atoms. The molecule has 220 valence electrons.